The molecule has 94 valence electrons. The molecule has 7 heteroatoms. The topological polar surface area (TPSA) is 43.6 Å². The van der Waals surface area contributed by atoms with Crippen molar-refractivity contribution in [2.24, 2.45) is 5.92 Å². The van der Waals surface area contributed by atoms with Crippen molar-refractivity contribution in [3.63, 3.8) is 0 Å². The zero-order valence-corrected chi connectivity index (χ0v) is 11.5. The summed E-state index contributed by atoms with van der Waals surface area (Å²) < 4.78 is -0.621. The minimum Gasteiger partial charge on any atom is -0.163 e. The van der Waals surface area contributed by atoms with Crippen LogP contribution in [0.5, 0.6) is 0 Å². The van der Waals surface area contributed by atoms with E-state index in [4.69, 9.17) is 34.8 Å². The Hall–Kier alpha value is -0.840. The van der Waals surface area contributed by atoms with E-state index < -0.39 is 4.33 Å². The Morgan fingerprint density at radius 1 is 1.39 bits per heavy atom. The third-order valence-electron chi connectivity index (χ3n) is 2.88. The van der Waals surface area contributed by atoms with Crippen LogP contribution in [0.1, 0.15) is 6.42 Å². The monoisotopic (exact) mass is 302 g/mol. The van der Waals surface area contributed by atoms with Crippen molar-refractivity contribution in [2.45, 2.75) is 17.3 Å². The highest BCUT2D eigenvalue weighted by Gasteiger charge is 2.52. The third kappa shape index (κ3) is 2.46. The normalized spacial score (nSPS) is 20.9. The predicted molar refractivity (Wildman–Crippen MR) is 70.8 cm³/mol. The smallest absolute Gasteiger partial charge is 0.163 e. The molecule has 0 N–H and O–H groups in total. The third-order valence-corrected chi connectivity index (χ3v) is 4.04. The molecule has 18 heavy (non-hydrogen) atoms. The molecule has 1 fully saturated rings. The second-order valence-electron chi connectivity index (χ2n) is 4.34. The number of benzene rings is 1. The van der Waals surface area contributed by atoms with Crippen molar-refractivity contribution >= 4 is 34.8 Å². The molecule has 0 saturated heterocycles. The molecule has 1 aromatic carbocycles. The summed E-state index contributed by atoms with van der Waals surface area (Å²) in [6.07, 6.45) is 0.768. The molecule has 3 rings (SSSR count). The van der Waals surface area contributed by atoms with E-state index in [1.807, 2.05) is 12.1 Å². The van der Waals surface area contributed by atoms with Crippen LogP contribution in [0, 0.1) is 5.92 Å². The molecule has 0 radical (unpaired) electrons. The maximum absolute atomic E-state index is 5.96. The summed E-state index contributed by atoms with van der Waals surface area (Å²) in [6, 6.07) is 7.34. The van der Waals surface area contributed by atoms with Crippen LogP contribution in [0.2, 0.25) is 5.02 Å². The highest BCUT2D eigenvalue weighted by atomic mass is 35.5. The van der Waals surface area contributed by atoms with Crippen molar-refractivity contribution in [3.05, 3.63) is 29.3 Å². The number of hydrogen-bond donors (Lipinski definition) is 0. The Kier molecular flexibility index (Phi) is 2.96. The van der Waals surface area contributed by atoms with Crippen LogP contribution in [0.4, 0.5) is 0 Å². The Balaban J connectivity index is 1.77. The lowest BCUT2D eigenvalue weighted by molar-refractivity contribution is 0.484. The van der Waals surface area contributed by atoms with Gasteiger partial charge in [0.25, 0.3) is 0 Å². The van der Waals surface area contributed by atoms with E-state index in [1.165, 1.54) is 4.80 Å². The Morgan fingerprint density at radius 2 is 2.17 bits per heavy atom. The molecule has 1 aromatic heterocycles. The average Bonchev–Trinajstić information content (AvgIpc) is 2.75. The standard InChI is InChI=1S/C11H9Cl3N4/c12-9-3-1-2-7(4-9)10-15-17-18(16-10)6-8-5-11(8,13)14/h1-4,8H,5-6H2. The van der Waals surface area contributed by atoms with Gasteiger partial charge in [-0.2, -0.15) is 4.80 Å². The Bertz CT molecular complexity index is 581. The molecule has 0 bridgehead atoms. The summed E-state index contributed by atoms with van der Waals surface area (Å²) in [6.45, 7) is 0.584. The highest BCUT2D eigenvalue weighted by Crippen LogP contribution is 2.53. The highest BCUT2D eigenvalue weighted by molar-refractivity contribution is 6.50. The molecular formula is C11H9Cl3N4. The second kappa shape index (κ2) is 4.37. The van der Waals surface area contributed by atoms with Gasteiger partial charge in [-0.3, -0.25) is 0 Å². The number of tetrazole rings is 1. The summed E-state index contributed by atoms with van der Waals surface area (Å²) in [5, 5.41) is 12.9. The minimum absolute atomic E-state index is 0.197. The van der Waals surface area contributed by atoms with Gasteiger partial charge in [-0.05, 0) is 23.8 Å². The SMILES string of the molecule is Clc1cccc(-c2nnn(CC3CC3(Cl)Cl)n2)c1. The number of halogens is 3. The molecule has 1 saturated carbocycles. The minimum atomic E-state index is -0.621. The predicted octanol–water partition coefficient (Wildman–Crippen LogP) is 3.19. The van der Waals surface area contributed by atoms with Crippen LogP contribution in [0.15, 0.2) is 24.3 Å². The van der Waals surface area contributed by atoms with E-state index >= 15 is 0 Å². The van der Waals surface area contributed by atoms with Gasteiger partial charge in [0.15, 0.2) is 0 Å². The maximum Gasteiger partial charge on any atom is 0.204 e. The molecule has 0 amide bonds. The van der Waals surface area contributed by atoms with Crippen LogP contribution < -0.4 is 0 Å². The van der Waals surface area contributed by atoms with E-state index in [0.29, 0.717) is 17.4 Å². The van der Waals surface area contributed by atoms with E-state index in [9.17, 15) is 0 Å². The molecule has 1 aliphatic carbocycles. The van der Waals surface area contributed by atoms with E-state index in [1.54, 1.807) is 12.1 Å². The Labute approximate surface area is 119 Å². The maximum atomic E-state index is 5.96. The first-order valence-electron chi connectivity index (χ1n) is 5.46. The molecule has 4 nitrogen and oxygen atoms in total. The molecule has 1 aliphatic rings. The fourth-order valence-electron chi connectivity index (χ4n) is 1.73. The first kappa shape index (κ1) is 12.2. The van der Waals surface area contributed by atoms with Crippen LogP contribution in [-0.2, 0) is 6.54 Å². The van der Waals surface area contributed by atoms with Gasteiger partial charge in [0.2, 0.25) is 5.82 Å². The van der Waals surface area contributed by atoms with Crippen LogP contribution in [-0.4, -0.2) is 24.5 Å². The van der Waals surface area contributed by atoms with Crippen LogP contribution in [0.25, 0.3) is 11.4 Å². The van der Waals surface area contributed by atoms with E-state index in [2.05, 4.69) is 15.4 Å². The quantitative estimate of drug-likeness (QED) is 0.818. The lowest BCUT2D eigenvalue weighted by atomic mass is 10.2. The molecule has 0 aliphatic heterocycles. The number of alkyl halides is 2. The summed E-state index contributed by atoms with van der Waals surface area (Å²) in [4.78, 5) is 1.52. The van der Waals surface area contributed by atoms with Crippen molar-refractivity contribution in [2.75, 3.05) is 0 Å². The first-order valence-corrected chi connectivity index (χ1v) is 6.59. The molecule has 0 spiro atoms. The summed E-state index contributed by atoms with van der Waals surface area (Å²) >= 11 is 17.8. The summed E-state index contributed by atoms with van der Waals surface area (Å²) in [7, 11) is 0. The fraction of sp³-hybridized carbons (Fsp3) is 0.364. The summed E-state index contributed by atoms with van der Waals surface area (Å²) in [5.41, 5.74) is 0.840. The van der Waals surface area contributed by atoms with Gasteiger partial charge in [0.1, 0.15) is 4.33 Å². The van der Waals surface area contributed by atoms with Crippen molar-refractivity contribution in [3.8, 4) is 11.4 Å². The number of rotatable bonds is 3. The average molecular weight is 304 g/mol. The first-order chi connectivity index (χ1) is 8.54. The zero-order valence-electron chi connectivity index (χ0n) is 9.22. The van der Waals surface area contributed by atoms with Crippen molar-refractivity contribution in [1.29, 1.82) is 0 Å². The lowest BCUT2D eigenvalue weighted by Crippen LogP contribution is -2.07. The van der Waals surface area contributed by atoms with E-state index in [-0.39, 0.29) is 5.92 Å². The fourth-order valence-corrected chi connectivity index (χ4v) is 2.43. The van der Waals surface area contributed by atoms with Gasteiger partial charge < -0.3 is 0 Å². The molecule has 1 heterocycles. The van der Waals surface area contributed by atoms with Gasteiger partial charge in [-0.25, -0.2) is 0 Å². The number of aromatic nitrogens is 4. The molecular weight excluding hydrogens is 295 g/mol. The van der Waals surface area contributed by atoms with Gasteiger partial charge in [0, 0.05) is 16.5 Å². The largest absolute Gasteiger partial charge is 0.204 e. The van der Waals surface area contributed by atoms with Gasteiger partial charge in [-0.15, -0.1) is 33.4 Å². The van der Waals surface area contributed by atoms with Gasteiger partial charge in [-0.1, -0.05) is 23.7 Å². The lowest BCUT2D eigenvalue weighted by Gasteiger charge is -1.98. The molecule has 1 atom stereocenters. The summed E-state index contributed by atoms with van der Waals surface area (Å²) in [5.74, 6) is 0.745. The molecule has 2 aromatic rings. The second-order valence-corrected chi connectivity index (χ2v) is 6.32. The number of hydrogen-bond acceptors (Lipinski definition) is 3. The van der Waals surface area contributed by atoms with Gasteiger partial charge in [0.05, 0.1) is 6.54 Å². The van der Waals surface area contributed by atoms with Crippen LogP contribution >= 0.6 is 34.8 Å². The van der Waals surface area contributed by atoms with Crippen LogP contribution in [0.3, 0.4) is 0 Å². The van der Waals surface area contributed by atoms with Crippen molar-refractivity contribution in [1.82, 2.24) is 20.2 Å². The van der Waals surface area contributed by atoms with E-state index in [0.717, 1.165) is 12.0 Å². The molecule has 1 unspecified atom stereocenters. The van der Waals surface area contributed by atoms with Gasteiger partial charge >= 0.3 is 0 Å². The zero-order chi connectivity index (χ0) is 12.8. The number of nitrogens with zero attached hydrogens (tertiary/aromatic N) is 4. The van der Waals surface area contributed by atoms with Crippen molar-refractivity contribution < 1.29 is 0 Å². The Morgan fingerprint density at radius 3 is 2.83 bits per heavy atom.